The summed E-state index contributed by atoms with van der Waals surface area (Å²) in [5.74, 6) is 2.32. The standard InChI is InChI=1S/C20H32BrN3O3.HI/c1-3-22-20(24-14-17-5-6-19(25-2)18(21)13-17)23-9-4-10-27-15-16-7-11-26-12-8-16;/h5-6,13,16H,3-4,7-12,14-15H2,1-2H3,(H2,22,23,24);1H. The number of hydrogen-bond acceptors (Lipinski definition) is 4. The molecule has 1 aromatic carbocycles. The van der Waals surface area contributed by atoms with Crippen molar-refractivity contribution in [3.05, 3.63) is 28.2 Å². The van der Waals surface area contributed by atoms with Crippen molar-refractivity contribution in [1.29, 1.82) is 0 Å². The van der Waals surface area contributed by atoms with Crippen molar-refractivity contribution in [2.45, 2.75) is 32.7 Å². The highest BCUT2D eigenvalue weighted by molar-refractivity contribution is 14.0. The van der Waals surface area contributed by atoms with Gasteiger partial charge in [-0.2, -0.15) is 0 Å². The molecule has 0 aromatic heterocycles. The van der Waals surface area contributed by atoms with E-state index >= 15 is 0 Å². The predicted octanol–water partition coefficient (Wildman–Crippen LogP) is 3.96. The van der Waals surface area contributed by atoms with Crippen molar-refractivity contribution in [3.8, 4) is 5.75 Å². The monoisotopic (exact) mass is 569 g/mol. The summed E-state index contributed by atoms with van der Waals surface area (Å²) in [7, 11) is 1.67. The molecule has 0 spiro atoms. The van der Waals surface area contributed by atoms with E-state index in [1.807, 2.05) is 18.2 Å². The number of halogens is 2. The normalized spacial score (nSPS) is 15.0. The van der Waals surface area contributed by atoms with E-state index in [1.165, 1.54) is 0 Å². The molecule has 1 aromatic rings. The Hall–Kier alpha value is -0.580. The van der Waals surface area contributed by atoms with Gasteiger partial charge < -0.3 is 24.8 Å². The van der Waals surface area contributed by atoms with Crippen molar-refractivity contribution < 1.29 is 14.2 Å². The number of methoxy groups -OCH3 is 1. The number of benzene rings is 1. The van der Waals surface area contributed by atoms with Crippen LogP contribution in [0.5, 0.6) is 5.75 Å². The molecule has 0 unspecified atom stereocenters. The molecule has 1 saturated heterocycles. The molecular weight excluding hydrogens is 537 g/mol. The second-order valence-corrected chi connectivity index (χ2v) is 7.43. The van der Waals surface area contributed by atoms with Crippen LogP contribution in [0.4, 0.5) is 0 Å². The summed E-state index contributed by atoms with van der Waals surface area (Å²) < 4.78 is 17.4. The molecule has 160 valence electrons. The van der Waals surface area contributed by atoms with Crippen LogP contribution in [0.1, 0.15) is 31.7 Å². The number of aliphatic imine (C=N–C) groups is 1. The molecule has 1 heterocycles. The highest BCUT2D eigenvalue weighted by Crippen LogP contribution is 2.25. The molecule has 0 amide bonds. The zero-order chi connectivity index (χ0) is 19.3. The van der Waals surface area contributed by atoms with Gasteiger partial charge in [0.25, 0.3) is 0 Å². The van der Waals surface area contributed by atoms with Gasteiger partial charge in [-0.3, -0.25) is 0 Å². The van der Waals surface area contributed by atoms with Gasteiger partial charge in [0.1, 0.15) is 5.75 Å². The SMILES string of the molecule is CCNC(=NCc1ccc(OC)c(Br)c1)NCCCOCC1CCOCC1.I. The van der Waals surface area contributed by atoms with Crippen LogP contribution in [0.3, 0.4) is 0 Å². The molecule has 6 nitrogen and oxygen atoms in total. The van der Waals surface area contributed by atoms with Crippen molar-refractivity contribution in [3.63, 3.8) is 0 Å². The van der Waals surface area contributed by atoms with E-state index in [0.717, 1.165) is 80.5 Å². The lowest BCUT2D eigenvalue weighted by Crippen LogP contribution is -2.38. The average molecular weight is 570 g/mol. The Bertz CT molecular complexity index is 584. The van der Waals surface area contributed by atoms with Gasteiger partial charge in [-0.25, -0.2) is 4.99 Å². The first-order valence-corrected chi connectivity index (χ1v) is 10.5. The maximum atomic E-state index is 5.81. The minimum absolute atomic E-state index is 0. The molecule has 1 aliphatic rings. The lowest BCUT2D eigenvalue weighted by atomic mass is 10.0. The lowest BCUT2D eigenvalue weighted by Gasteiger charge is -2.21. The molecule has 0 saturated carbocycles. The van der Waals surface area contributed by atoms with E-state index in [0.29, 0.717) is 12.5 Å². The zero-order valence-electron chi connectivity index (χ0n) is 16.8. The van der Waals surface area contributed by atoms with Gasteiger partial charge in [0.15, 0.2) is 5.96 Å². The topological polar surface area (TPSA) is 64.1 Å². The summed E-state index contributed by atoms with van der Waals surface area (Å²) in [5.41, 5.74) is 1.12. The first-order valence-electron chi connectivity index (χ1n) is 9.73. The second-order valence-electron chi connectivity index (χ2n) is 6.58. The first-order chi connectivity index (χ1) is 13.2. The Morgan fingerprint density at radius 2 is 2.07 bits per heavy atom. The number of nitrogens with zero attached hydrogens (tertiary/aromatic N) is 1. The first kappa shape index (κ1) is 25.5. The van der Waals surface area contributed by atoms with Crippen molar-refractivity contribution >= 4 is 45.9 Å². The average Bonchev–Trinajstić information content (AvgIpc) is 2.69. The molecule has 8 heteroatoms. The summed E-state index contributed by atoms with van der Waals surface area (Å²) in [6.07, 6.45) is 3.20. The van der Waals surface area contributed by atoms with Gasteiger partial charge in [-0.1, -0.05) is 6.07 Å². The highest BCUT2D eigenvalue weighted by atomic mass is 127. The Kier molecular flexibility index (Phi) is 13.9. The second kappa shape index (κ2) is 15.3. The molecule has 2 rings (SSSR count). The van der Waals surface area contributed by atoms with Crippen LogP contribution in [0, 0.1) is 5.92 Å². The lowest BCUT2D eigenvalue weighted by molar-refractivity contribution is 0.0203. The Balaban J connectivity index is 0.00000392. The minimum atomic E-state index is 0. The Morgan fingerprint density at radius 3 is 2.75 bits per heavy atom. The molecule has 0 aliphatic carbocycles. The third-order valence-corrected chi connectivity index (χ3v) is 5.05. The number of hydrogen-bond donors (Lipinski definition) is 2. The molecule has 28 heavy (non-hydrogen) atoms. The Morgan fingerprint density at radius 1 is 1.29 bits per heavy atom. The smallest absolute Gasteiger partial charge is 0.191 e. The molecular formula is C20H33BrIN3O3. The Labute approximate surface area is 194 Å². The van der Waals surface area contributed by atoms with E-state index in [9.17, 15) is 0 Å². The van der Waals surface area contributed by atoms with Crippen LogP contribution in [0.2, 0.25) is 0 Å². The quantitative estimate of drug-likeness (QED) is 0.193. The van der Waals surface area contributed by atoms with Crippen LogP contribution in [0.25, 0.3) is 0 Å². The fourth-order valence-corrected chi connectivity index (χ4v) is 3.45. The van der Waals surface area contributed by atoms with Gasteiger partial charge in [-0.05, 0) is 65.7 Å². The molecule has 0 atom stereocenters. The van der Waals surface area contributed by atoms with Gasteiger partial charge in [0.2, 0.25) is 0 Å². The maximum absolute atomic E-state index is 5.81. The maximum Gasteiger partial charge on any atom is 0.191 e. The predicted molar refractivity (Wildman–Crippen MR) is 128 cm³/mol. The van der Waals surface area contributed by atoms with Gasteiger partial charge in [0.05, 0.1) is 18.1 Å². The van der Waals surface area contributed by atoms with Crippen molar-refractivity contribution in [2.75, 3.05) is 46.6 Å². The molecule has 1 fully saturated rings. The van der Waals surface area contributed by atoms with Crippen LogP contribution in [-0.2, 0) is 16.0 Å². The summed E-state index contributed by atoms with van der Waals surface area (Å²) >= 11 is 3.51. The summed E-state index contributed by atoms with van der Waals surface area (Å²) in [6.45, 7) is 7.73. The molecule has 0 bridgehead atoms. The minimum Gasteiger partial charge on any atom is -0.496 e. The fraction of sp³-hybridized carbons (Fsp3) is 0.650. The number of ether oxygens (including phenoxy) is 3. The third-order valence-electron chi connectivity index (χ3n) is 4.43. The number of nitrogens with one attached hydrogen (secondary N) is 2. The summed E-state index contributed by atoms with van der Waals surface area (Å²) in [6, 6.07) is 6.02. The van der Waals surface area contributed by atoms with Crippen LogP contribution < -0.4 is 15.4 Å². The van der Waals surface area contributed by atoms with Crippen molar-refractivity contribution in [2.24, 2.45) is 10.9 Å². The highest BCUT2D eigenvalue weighted by Gasteiger charge is 2.13. The van der Waals surface area contributed by atoms with Gasteiger partial charge >= 0.3 is 0 Å². The molecule has 2 N–H and O–H groups in total. The van der Waals surface area contributed by atoms with Gasteiger partial charge in [0, 0.05) is 39.5 Å². The van der Waals surface area contributed by atoms with E-state index in [-0.39, 0.29) is 24.0 Å². The fourth-order valence-electron chi connectivity index (χ4n) is 2.86. The van der Waals surface area contributed by atoms with E-state index in [2.05, 4.69) is 38.5 Å². The number of rotatable bonds is 10. The zero-order valence-corrected chi connectivity index (χ0v) is 20.8. The van der Waals surface area contributed by atoms with Crippen LogP contribution in [-0.4, -0.2) is 52.6 Å². The summed E-state index contributed by atoms with van der Waals surface area (Å²) in [4.78, 5) is 4.65. The van der Waals surface area contributed by atoms with E-state index < -0.39 is 0 Å². The third kappa shape index (κ3) is 9.76. The molecule has 1 aliphatic heterocycles. The van der Waals surface area contributed by atoms with E-state index in [4.69, 9.17) is 14.2 Å². The van der Waals surface area contributed by atoms with Gasteiger partial charge in [-0.15, -0.1) is 24.0 Å². The van der Waals surface area contributed by atoms with E-state index in [1.54, 1.807) is 7.11 Å². The van der Waals surface area contributed by atoms with Crippen LogP contribution in [0.15, 0.2) is 27.7 Å². The largest absolute Gasteiger partial charge is 0.496 e. The summed E-state index contributed by atoms with van der Waals surface area (Å²) in [5, 5.41) is 6.65. The number of guanidine groups is 1. The molecule has 0 radical (unpaired) electrons. The van der Waals surface area contributed by atoms with Crippen LogP contribution >= 0.6 is 39.9 Å². The van der Waals surface area contributed by atoms with Crippen molar-refractivity contribution in [1.82, 2.24) is 10.6 Å².